The zero-order valence-electron chi connectivity index (χ0n) is 11.9. The van der Waals surface area contributed by atoms with E-state index in [9.17, 15) is 0 Å². The fourth-order valence-electron chi connectivity index (χ4n) is 4.31. The van der Waals surface area contributed by atoms with Gasteiger partial charge in [0.2, 0.25) is 0 Å². The quantitative estimate of drug-likeness (QED) is 0.822. The van der Waals surface area contributed by atoms with Gasteiger partial charge in [-0.1, -0.05) is 31.5 Å². The number of para-hydroxylation sites is 1. The van der Waals surface area contributed by atoms with Crippen molar-refractivity contribution in [3.8, 4) is 0 Å². The molecule has 2 unspecified atom stereocenters. The van der Waals surface area contributed by atoms with E-state index in [4.69, 9.17) is 0 Å². The predicted molar refractivity (Wildman–Crippen MR) is 79.3 cm³/mol. The molecule has 1 aromatic heterocycles. The summed E-state index contributed by atoms with van der Waals surface area (Å²) in [6.07, 6.45) is 3.82. The topological polar surface area (TPSA) is 19.0 Å². The van der Waals surface area contributed by atoms with Crippen LogP contribution in [0.2, 0.25) is 0 Å². The SMILES string of the molecule is CCC1CN2CCc3c([nH]c4ccccc34)C2(C)C1. The maximum atomic E-state index is 3.73. The molecule has 0 amide bonds. The highest BCUT2D eigenvalue weighted by Crippen LogP contribution is 2.47. The first-order valence-corrected chi connectivity index (χ1v) is 7.57. The van der Waals surface area contributed by atoms with Crippen LogP contribution in [0.5, 0.6) is 0 Å². The standard InChI is InChI=1S/C17H22N2/c1-3-12-10-17(2)16-14(8-9-19(17)11-12)13-6-4-5-7-15(13)18-16/h4-7,12,18H,3,8-11H2,1-2H3. The number of fused-ring (bicyclic) bond motifs is 5. The molecule has 2 aliphatic rings. The van der Waals surface area contributed by atoms with Gasteiger partial charge in [-0.3, -0.25) is 4.90 Å². The van der Waals surface area contributed by atoms with Gasteiger partial charge in [0.05, 0.1) is 5.54 Å². The van der Waals surface area contributed by atoms with Crippen LogP contribution in [-0.2, 0) is 12.0 Å². The van der Waals surface area contributed by atoms with Crippen LogP contribution in [0.15, 0.2) is 24.3 Å². The predicted octanol–water partition coefficient (Wildman–Crippen LogP) is 3.67. The van der Waals surface area contributed by atoms with Gasteiger partial charge in [0.25, 0.3) is 0 Å². The normalized spacial score (nSPS) is 30.5. The van der Waals surface area contributed by atoms with E-state index in [1.165, 1.54) is 48.9 Å². The molecule has 2 aliphatic heterocycles. The molecule has 1 N–H and O–H groups in total. The van der Waals surface area contributed by atoms with Gasteiger partial charge in [0.1, 0.15) is 0 Å². The van der Waals surface area contributed by atoms with Gasteiger partial charge in [-0.15, -0.1) is 0 Å². The second-order valence-electron chi connectivity index (χ2n) is 6.47. The Labute approximate surface area is 114 Å². The zero-order chi connectivity index (χ0) is 13.0. The molecule has 2 aromatic rings. The lowest BCUT2D eigenvalue weighted by molar-refractivity contribution is 0.139. The van der Waals surface area contributed by atoms with Gasteiger partial charge in [0, 0.05) is 29.7 Å². The number of nitrogens with one attached hydrogen (secondary N) is 1. The van der Waals surface area contributed by atoms with Gasteiger partial charge >= 0.3 is 0 Å². The molecule has 0 saturated carbocycles. The fourth-order valence-corrected chi connectivity index (χ4v) is 4.31. The van der Waals surface area contributed by atoms with Crippen molar-refractivity contribution in [3.63, 3.8) is 0 Å². The molecule has 1 aromatic carbocycles. The lowest BCUT2D eigenvalue weighted by Crippen LogP contribution is -2.44. The first kappa shape index (κ1) is 11.5. The smallest absolute Gasteiger partial charge is 0.0589 e. The summed E-state index contributed by atoms with van der Waals surface area (Å²) in [5.41, 5.74) is 4.63. The van der Waals surface area contributed by atoms with Crippen molar-refractivity contribution in [2.24, 2.45) is 5.92 Å². The number of H-pyrrole nitrogens is 1. The number of rotatable bonds is 1. The molecule has 100 valence electrons. The molecule has 0 spiro atoms. The maximum Gasteiger partial charge on any atom is 0.0589 e. The molecule has 19 heavy (non-hydrogen) atoms. The maximum absolute atomic E-state index is 3.73. The minimum atomic E-state index is 0.243. The van der Waals surface area contributed by atoms with Crippen molar-refractivity contribution in [3.05, 3.63) is 35.5 Å². The number of aromatic amines is 1. The highest BCUT2D eigenvalue weighted by atomic mass is 15.2. The Morgan fingerprint density at radius 3 is 3.05 bits per heavy atom. The van der Waals surface area contributed by atoms with Crippen LogP contribution in [0.4, 0.5) is 0 Å². The lowest BCUT2D eigenvalue weighted by atomic mass is 9.84. The van der Waals surface area contributed by atoms with Crippen molar-refractivity contribution >= 4 is 10.9 Å². The second kappa shape index (κ2) is 3.86. The highest BCUT2D eigenvalue weighted by molar-refractivity contribution is 5.85. The van der Waals surface area contributed by atoms with E-state index in [1.807, 2.05) is 0 Å². The van der Waals surface area contributed by atoms with Crippen LogP contribution in [0.1, 0.15) is 37.9 Å². The first-order chi connectivity index (χ1) is 9.22. The van der Waals surface area contributed by atoms with E-state index >= 15 is 0 Å². The monoisotopic (exact) mass is 254 g/mol. The Hall–Kier alpha value is -1.28. The Balaban J connectivity index is 1.90. The number of hydrogen-bond acceptors (Lipinski definition) is 1. The molecule has 1 fully saturated rings. The van der Waals surface area contributed by atoms with Crippen LogP contribution in [-0.4, -0.2) is 23.0 Å². The average Bonchev–Trinajstić information content (AvgIpc) is 2.96. The van der Waals surface area contributed by atoms with Crippen LogP contribution < -0.4 is 0 Å². The summed E-state index contributed by atoms with van der Waals surface area (Å²) >= 11 is 0. The molecule has 0 radical (unpaired) electrons. The number of nitrogens with zero attached hydrogens (tertiary/aromatic N) is 1. The summed E-state index contributed by atoms with van der Waals surface area (Å²) in [6.45, 7) is 7.28. The van der Waals surface area contributed by atoms with Crippen LogP contribution in [0.25, 0.3) is 10.9 Å². The molecule has 4 rings (SSSR count). The number of benzene rings is 1. The van der Waals surface area contributed by atoms with E-state index in [-0.39, 0.29) is 5.54 Å². The van der Waals surface area contributed by atoms with Gasteiger partial charge in [-0.05, 0) is 37.3 Å². The van der Waals surface area contributed by atoms with E-state index in [0.717, 1.165) is 5.92 Å². The third-order valence-electron chi connectivity index (χ3n) is 5.42. The summed E-state index contributed by atoms with van der Waals surface area (Å²) < 4.78 is 0. The minimum absolute atomic E-state index is 0.243. The molecule has 1 saturated heterocycles. The van der Waals surface area contributed by atoms with E-state index in [2.05, 4.69) is 48.0 Å². The molecule has 3 heterocycles. The van der Waals surface area contributed by atoms with E-state index < -0.39 is 0 Å². The van der Waals surface area contributed by atoms with Crippen molar-refractivity contribution in [2.75, 3.05) is 13.1 Å². The van der Waals surface area contributed by atoms with Crippen LogP contribution >= 0.6 is 0 Å². The molecular weight excluding hydrogens is 232 g/mol. The summed E-state index contributed by atoms with van der Waals surface area (Å²) in [4.78, 5) is 6.44. The zero-order valence-corrected chi connectivity index (χ0v) is 11.9. The largest absolute Gasteiger partial charge is 0.357 e. The molecule has 2 heteroatoms. The lowest BCUT2D eigenvalue weighted by Gasteiger charge is -2.39. The third kappa shape index (κ3) is 1.47. The fraction of sp³-hybridized carbons (Fsp3) is 0.529. The van der Waals surface area contributed by atoms with Crippen molar-refractivity contribution < 1.29 is 0 Å². The molecule has 0 aliphatic carbocycles. The number of hydrogen-bond donors (Lipinski definition) is 1. The molecular formula is C17H22N2. The van der Waals surface area contributed by atoms with E-state index in [1.54, 1.807) is 5.56 Å². The van der Waals surface area contributed by atoms with Crippen molar-refractivity contribution in [1.29, 1.82) is 0 Å². The molecule has 0 bridgehead atoms. The van der Waals surface area contributed by atoms with Crippen molar-refractivity contribution in [2.45, 2.75) is 38.6 Å². The average molecular weight is 254 g/mol. The van der Waals surface area contributed by atoms with Gasteiger partial charge in [-0.2, -0.15) is 0 Å². The summed E-state index contributed by atoms with van der Waals surface area (Å²) in [5, 5.41) is 1.44. The summed E-state index contributed by atoms with van der Waals surface area (Å²) in [7, 11) is 0. The molecule has 2 nitrogen and oxygen atoms in total. The van der Waals surface area contributed by atoms with Gasteiger partial charge in [-0.25, -0.2) is 0 Å². The Bertz CT molecular complexity index is 627. The van der Waals surface area contributed by atoms with Crippen LogP contribution in [0.3, 0.4) is 0 Å². The number of aromatic nitrogens is 1. The van der Waals surface area contributed by atoms with Gasteiger partial charge in [0.15, 0.2) is 0 Å². The highest BCUT2D eigenvalue weighted by Gasteiger charge is 2.46. The minimum Gasteiger partial charge on any atom is -0.357 e. The summed E-state index contributed by atoms with van der Waals surface area (Å²) in [6, 6.07) is 8.78. The Morgan fingerprint density at radius 2 is 2.21 bits per heavy atom. The summed E-state index contributed by atoms with van der Waals surface area (Å²) in [5.74, 6) is 0.863. The third-order valence-corrected chi connectivity index (χ3v) is 5.42. The van der Waals surface area contributed by atoms with Crippen molar-refractivity contribution in [1.82, 2.24) is 9.88 Å². The van der Waals surface area contributed by atoms with Gasteiger partial charge < -0.3 is 4.98 Å². The Kier molecular flexibility index (Phi) is 2.34. The Morgan fingerprint density at radius 1 is 1.37 bits per heavy atom. The van der Waals surface area contributed by atoms with Crippen LogP contribution in [0, 0.1) is 5.92 Å². The molecule has 2 atom stereocenters. The first-order valence-electron chi connectivity index (χ1n) is 7.57. The van der Waals surface area contributed by atoms with E-state index in [0.29, 0.717) is 0 Å². The second-order valence-corrected chi connectivity index (χ2v) is 6.47.